The molecule has 36 heavy (non-hydrogen) atoms. The average Bonchev–Trinajstić information content (AvgIpc) is 3.20. The number of benzene rings is 3. The molecule has 0 spiro atoms. The van der Waals surface area contributed by atoms with Gasteiger partial charge >= 0.3 is 0 Å². The minimum Gasteiger partial charge on any atom is -0.506 e. The molecular weight excluding hydrogens is 560 g/mol. The van der Waals surface area contributed by atoms with Crippen molar-refractivity contribution in [2.45, 2.75) is 18.9 Å². The number of fused-ring (bicyclic) bond motifs is 3. The van der Waals surface area contributed by atoms with Crippen molar-refractivity contribution in [1.82, 2.24) is 4.57 Å². The van der Waals surface area contributed by atoms with E-state index < -0.39 is 0 Å². The van der Waals surface area contributed by atoms with Crippen LogP contribution in [0.1, 0.15) is 34.7 Å². The molecule has 180 valence electrons. The lowest BCUT2D eigenvalue weighted by Gasteiger charge is -2.31. The highest BCUT2D eigenvalue weighted by Gasteiger charge is 2.32. The summed E-state index contributed by atoms with van der Waals surface area (Å²) >= 11 is 10.9. The molecule has 0 bridgehead atoms. The second-order valence-corrected chi connectivity index (χ2v) is 11.0. The van der Waals surface area contributed by atoms with E-state index in [1.807, 2.05) is 30.3 Å². The molecule has 5 nitrogen and oxygen atoms in total. The summed E-state index contributed by atoms with van der Waals surface area (Å²) in [6.45, 7) is 0. The summed E-state index contributed by atoms with van der Waals surface area (Å²) in [4.78, 5) is 19.5. The van der Waals surface area contributed by atoms with Gasteiger partial charge < -0.3 is 9.84 Å². The third-order valence-electron chi connectivity index (χ3n) is 6.63. The summed E-state index contributed by atoms with van der Waals surface area (Å²) in [5.41, 5.74) is 5.70. The van der Waals surface area contributed by atoms with Gasteiger partial charge in [0.2, 0.25) is 0 Å². The Hall–Kier alpha value is -3.13. The lowest BCUT2D eigenvalue weighted by Crippen LogP contribution is -2.38. The van der Waals surface area contributed by atoms with Crippen LogP contribution in [-0.4, -0.2) is 16.8 Å². The number of rotatable bonds is 3. The number of phenols is 1. The molecule has 0 saturated carbocycles. The molecular formula is C28H20BrClN2O3S. The molecule has 2 aliphatic rings. The first-order valence-electron chi connectivity index (χ1n) is 11.4. The summed E-state index contributed by atoms with van der Waals surface area (Å²) in [7, 11) is 1.64. The topological polar surface area (TPSA) is 63.8 Å². The van der Waals surface area contributed by atoms with Crippen molar-refractivity contribution in [3.05, 3.63) is 118 Å². The fraction of sp³-hybridized carbons (Fsp3) is 0.143. The summed E-state index contributed by atoms with van der Waals surface area (Å²) in [6, 6.07) is 19.2. The zero-order chi connectivity index (χ0) is 25.0. The van der Waals surface area contributed by atoms with Crippen molar-refractivity contribution in [2.75, 3.05) is 7.11 Å². The Bertz CT molecular complexity index is 1760. The van der Waals surface area contributed by atoms with Crippen LogP contribution in [0.15, 0.2) is 80.5 Å². The van der Waals surface area contributed by atoms with Crippen molar-refractivity contribution < 1.29 is 9.84 Å². The standard InChI is InChI=1S/C28H20BrClN2O3S/c1-35-19-7-4-6-16(12-19)25-21-10-9-15-5-2-3-8-20(15)24(21)31-28-32(25)27(34)23(36-28)13-17-11-18(29)14-22(30)26(17)33/h2-8,11-14,25,33H,9-10H2,1H3/b23-13+/t25-/m1/s1. The van der Waals surface area contributed by atoms with E-state index in [1.165, 1.54) is 16.9 Å². The first-order valence-corrected chi connectivity index (χ1v) is 13.4. The molecule has 2 heterocycles. The Balaban J connectivity index is 1.64. The van der Waals surface area contributed by atoms with Gasteiger partial charge in [-0.05, 0) is 59.9 Å². The minimum absolute atomic E-state index is 0.0664. The second kappa shape index (κ2) is 9.07. The maximum Gasteiger partial charge on any atom is 0.271 e. The molecule has 3 aromatic carbocycles. The first-order chi connectivity index (χ1) is 17.4. The molecule has 0 unspecified atom stereocenters. The van der Waals surface area contributed by atoms with Gasteiger partial charge in [0.05, 0.1) is 28.4 Å². The van der Waals surface area contributed by atoms with Gasteiger partial charge in [-0.2, -0.15) is 0 Å². The van der Waals surface area contributed by atoms with E-state index in [2.05, 4.69) is 34.1 Å². The van der Waals surface area contributed by atoms with Gasteiger partial charge in [0.1, 0.15) is 11.5 Å². The summed E-state index contributed by atoms with van der Waals surface area (Å²) < 4.78 is 8.46. The highest BCUT2D eigenvalue weighted by atomic mass is 79.9. The number of nitrogens with zero attached hydrogens (tertiary/aromatic N) is 2. The third-order valence-corrected chi connectivity index (χ3v) is 8.36. The predicted molar refractivity (Wildman–Crippen MR) is 147 cm³/mol. The van der Waals surface area contributed by atoms with Crippen LogP contribution >= 0.6 is 38.9 Å². The SMILES string of the molecule is COc1cccc([C@@H]2C3=C(N=c4s/c(=C/c5cc(Br)cc(Cl)c5O)c(=O)n42)c2ccccc2CC3)c1. The van der Waals surface area contributed by atoms with Crippen LogP contribution in [0.5, 0.6) is 11.5 Å². The van der Waals surface area contributed by atoms with Crippen LogP contribution in [0.25, 0.3) is 11.8 Å². The van der Waals surface area contributed by atoms with Crippen molar-refractivity contribution in [2.24, 2.45) is 4.99 Å². The fourth-order valence-corrected chi connectivity index (χ4v) is 6.80. The van der Waals surface area contributed by atoms with E-state index in [-0.39, 0.29) is 22.4 Å². The number of allylic oxidation sites excluding steroid dienone is 1. The number of hydrogen-bond donors (Lipinski definition) is 1. The fourth-order valence-electron chi connectivity index (χ4n) is 4.97. The molecule has 1 aliphatic heterocycles. The monoisotopic (exact) mass is 578 g/mol. The maximum atomic E-state index is 13.9. The van der Waals surface area contributed by atoms with Gasteiger partial charge in [-0.3, -0.25) is 9.36 Å². The van der Waals surface area contributed by atoms with Crippen LogP contribution in [0.3, 0.4) is 0 Å². The number of hydrogen-bond acceptors (Lipinski definition) is 5. The minimum atomic E-state index is -0.304. The predicted octanol–water partition coefficient (Wildman–Crippen LogP) is 5.45. The van der Waals surface area contributed by atoms with E-state index >= 15 is 0 Å². The third kappa shape index (κ3) is 3.82. The zero-order valence-electron chi connectivity index (χ0n) is 19.2. The number of thiazole rings is 1. The molecule has 0 radical (unpaired) electrons. The Morgan fingerprint density at radius 2 is 2.00 bits per heavy atom. The maximum absolute atomic E-state index is 13.9. The van der Waals surface area contributed by atoms with Crippen molar-refractivity contribution >= 4 is 50.6 Å². The number of aromatic nitrogens is 1. The normalized spacial score (nSPS) is 16.8. The molecule has 1 aromatic heterocycles. The lowest BCUT2D eigenvalue weighted by molar-refractivity contribution is 0.413. The molecule has 1 aliphatic carbocycles. The van der Waals surface area contributed by atoms with E-state index in [4.69, 9.17) is 21.3 Å². The molecule has 0 amide bonds. The van der Waals surface area contributed by atoms with Gasteiger partial charge in [0.25, 0.3) is 5.56 Å². The number of aryl methyl sites for hydroxylation is 1. The average molecular weight is 580 g/mol. The number of aromatic hydroxyl groups is 1. The van der Waals surface area contributed by atoms with Crippen LogP contribution in [0.4, 0.5) is 0 Å². The molecule has 1 N–H and O–H groups in total. The Morgan fingerprint density at radius 3 is 2.83 bits per heavy atom. The van der Waals surface area contributed by atoms with E-state index in [1.54, 1.807) is 29.9 Å². The highest BCUT2D eigenvalue weighted by molar-refractivity contribution is 9.10. The number of ether oxygens (including phenoxy) is 1. The van der Waals surface area contributed by atoms with Gasteiger partial charge in [0.15, 0.2) is 4.80 Å². The van der Waals surface area contributed by atoms with Crippen LogP contribution in [0.2, 0.25) is 5.02 Å². The summed E-state index contributed by atoms with van der Waals surface area (Å²) in [6.07, 6.45) is 3.37. The quantitative estimate of drug-likeness (QED) is 0.351. The lowest BCUT2D eigenvalue weighted by atomic mass is 9.83. The van der Waals surface area contributed by atoms with E-state index in [0.29, 0.717) is 19.4 Å². The van der Waals surface area contributed by atoms with Gasteiger partial charge in [-0.25, -0.2) is 4.99 Å². The number of methoxy groups -OCH3 is 1. The van der Waals surface area contributed by atoms with Gasteiger partial charge in [0, 0.05) is 15.6 Å². The molecule has 0 saturated heterocycles. The Labute approximate surface area is 224 Å². The molecule has 6 rings (SSSR count). The van der Waals surface area contributed by atoms with Crippen LogP contribution < -0.4 is 19.6 Å². The van der Waals surface area contributed by atoms with Crippen molar-refractivity contribution in [1.29, 1.82) is 0 Å². The Morgan fingerprint density at radius 1 is 1.17 bits per heavy atom. The molecule has 8 heteroatoms. The Kier molecular flexibility index (Phi) is 5.86. The van der Waals surface area contributed by atoms with Crippen molar-refractivity contribution in [3.63, 3.8) is 0 Å². The largest absolute Gasteiger partial charge is 0.506 e. The van der Waals surface area contributed by atoms with E-state index in [9.17, 15) is 9.90 Å². The van der Waals surface area contributed by atoms with Crippen LogP contribution in [0, 0.1) is 0 Å². The zero-order valence-corrected chi connectivity index (χ0v) is 22.3. The highest BCUT2D eigenvalue weighted by Crippen LogP contribution is 2.41. The van der Waals surface area contributed by atoms with Crippen molar-refractivity contribution in [3.8, 4) is 11.5 Å². The summed E-state index contributed by atoms with van der Waals surface area (Å²) in [5, 5.41) is 10.7. The molecule has 0 fully saturated rings. The van der Waals surface area contributed by atoms with Gasteiger partial charge in [-0.15, -0.1) is 0 Å². The second-order valence-electron chi connectivity index (χ2n) is 8.72. The molecule has 4 aromatic rings. The number of halogens is 2. The summed E-state index contributed by atoms with van der Waals surface area (Å²) in [5.74, 6) is 0.668. The number of phenolic OH excluding ortho intramolecular Hbond substituents is 1. The van der Waals surface area contributed by atoms with Gasteiger partial charge in [-0.1, -0.05) is 75.3 Å². The van der Waals surface area contributed by atoms with Crippen LogP contribution in [-0.2, 0) is 6.42 Å². The first kappa shape index (κ1) is 23.3. The smallest absolute Gasteiger partial charge is 0.271 e. The molecule has 1 atom stereocenters. The van der Waals surface area contributed by atoms with E-state index in [0.717, 1.165) is 41.0 Å².